The van der Waals surface area contributed by atoms with E-state index in [1.165, 1.54) is 11.3 Å². The van der Waals surface area contributed by atoms with Crippen molar-refractivity contribution in [1.29, 1.82) is 0 Å². The Balaban J connectivity index is 2.00. The molecule has 0 aliphatic rings. The molecule has 0 aliphatic heterocycles. The monoisotopic (exact) mass is 306 g/mol. The number of anilines is 1. The fraction of sp³-hybridized carbons (Fsp3) is 0.467. The standard InChI is InChI=1S/C15H22N4OS/c1-15(2,3)16-10-13-17-18-14(21-13)20-12-8-6-7-11(9-12)19(4)5/h6-9,16H,10H2,1-5H3. The number of rotatable bonds is 5. The van der Waals surface area contributed by atoms with Gasteiger partial charge in [0.25, 0.3) is 5.19 Å². The topological polar surface area (TPSA) is 50.3 Å². The summed E-state index contributed by atoms with van der Waals surface area (Å²) in [4.78, 5) is 2.03. The summed E-state index contributed by atoms with van der Waals surface area (Å²) in [5.41, 5.74) is 1.15. The fourth-order valence-corrected chi connectivity index (χ4v) is 2.26. The second-order valence-electron chi connectivity index (χ2n) is 6.06. The highest BCUT2D eigenvalue weighted by atomic mass is 32.1. The Morgan fingerprint density at radius 2 is 2.00 bits per heavy atom. The Morgan fingerprint density at radius 1 is 1.24 bits per heavy atom. The van der Waals surface area contributed by atoms with Gasteiger partial charge in [-0.1, -0.05) is 22.5 Å². The maximum absolute atomic E-state index is 5.77. The normalized spacial score (nSPS) is 11.5. The van der Waals surface area contributed by atoms with Gasteiger partial charge in [0.15, 0.2) is 0 Å². The van der Waals surface area contributed by atoms with Crippen molar-refractivity contribution in [3.8, 4) is 10.9 Å². The summed E-state index contributed by atoms with van der Waals surface area (Å²) >= 11 is 1.46. The van der Waals surface area contributed by atoms with Crippen molar-refractivity contribution in [2.45, 2.75) is 32.9 Å². The van der Waals surface area contributed by atoms with Crippen molar-refractivity contribution in [1.82, 2.24) is 15.5 Å². The summed E-state index contributed by atoms with van der Waals surface area (Å²) in [6, 6.07) is 7.90. The molecule has 1 aromatic carbocycles. The molecule has 0 unspecified atom stereocenters. The van der Waals surface area contributed by atoms with Gasteiger partial charge in [-0.05, 0) is 32.9 Å². The molecule has 5 nitrogen and oxygen atoms in total. The average molecular weight is 306 g/mol. The smallest absolute Gasteiger partial charge is 0.299 e. The molecule has 2 aromatic rings. The Hall–Kier alpha value is -1.66. The third-order valence-electron chi connectivity index (χ3n) is 2.76. The van der Waals surface area contributed by atoms with Gasteiger partial charge in [0.05, 0.1) is 6.54 Å². The van der Waals surface area contributed by atoms with Crippen molar-refractivity contribution in [2.24, 2.45) is 0 Å². The largest absolute Gasteiger partial charge is 0.430 e. The van der Waals surface area contributed by atoms with Gasteiger partial charge in [-0.15, -0.1) is 5.10 Å². The van der Waals surface area contributed by atoms with E-state index in [-0.39, 0.29) is 5.54 Å². The van der Waals surface area contributed by atoms with E-state index in [4.69, 9.17) is 4.74 Å². The van der Waals surface area contributed by atoms with Crippen LogP contribution in [0.5, 0.6) is 10.9 Å². The molecule has 0 bridgehead atoms. The molecule has 0 spiro atoms. The molecule has 1 N–H and O–H groups in total. The minimum atomic E-state index is 0.0622. The molecule has 6 heteroatoms. The van der Waals surface area contributed by atoms with E-state index in [1.807, 2.05) is 43.3 Å². The zero-order chi connectivity index (χ0) is 15.5. The lowest BCUT2D eigenvalue weighted by molar-refractivity contribution is 0.423. The van der Waals surface area contributed by atoms with Crippen LogP contribution < -0.4 is 15.0 Å². The number of nitrogens with zero attached hydrogens (tertiary/aromatic N) is 3. The van der Waals surface area contributed by atoms with Gasteiger partial charge < -0.3 is 15.0 Å². The summed E-state index contributed by atoms with van der Waals surface area (Å²) in [6.07, 6.45) is 0. The number of aromatic nitrogens is 2. The number of ether oxygens (including phenoxy) is 1. The van der Waals surface area contributed by atoms with E-state index < -0.39 is 0 Å². The molecule has 0 amide bonds. The molecule has 21 heavy (non-hydrogen) atoms. The lowest BCUT2D eigenvalue weighted by Gasteiger charge is -2.19. The van der Waals surface area contributed by atoms with E-state index in [1.54, 1.807) is 0 Å². The SMILES string of the molecule is CN(C)c1cccc(Oc2nnc(CNC(C)(C)C)s2)c1. The number of hydrogen-bond donors (Lipinski definition) is 1. The van der Waals surface area contributed by atoms with Gasteiger partial charge in [0.1, 0.15) is 10.8 Å². The van der Waals surface area contributed by atoms with Crippen LogP contribution in [0.1, 0.15) is 25.8 Å². The van der Waals surface area contributed by atoms with E-state index in [9.17, 15) is 0 Å². The molecular formula is C15H22N4OS. The van der Waals surface area contributed by atoms with Crippen LogP contribution >= 0.6 is 11.3 Å². The molecule has 0 aliphatic carbocycles. The number of benzene rings is 1. The quantitative estimate of drug-likeness (QED) is 0.918. The second kappa shape index (κ2) is 6.41. The summed E-state index contributed by atoms with van der Waals surface area (Å²) in [7, 11) is 4.00. The first-order chi connectivity index (χ1) is 9.83. The van der Waals surface area contributed by atoms with E-state index in [0.717, 1.165) is 16.4 Å². The molecule has 1 heterocycles. The van der Waals surface area contributed by atoms with Gasteiger partial charge in [-0.2, -0.15) is 0 Å². The predicted molar refractivity (Wildman–Crippen MR) is 87.3 cm³/mol. The van der Waals surface area contributed by atoms with Crippen LogP contribution in [0.4, 0.5) is 5.69 Å². The van der Waals surface area contributed by atoms with E-state index in [0.29, 0.717) is 11.7 Å². The summed E-state index contributed by atoms with van der Waals surface area (Å²) in [5, 5.41) is 13.1. The Bertz CT molecular complexity index is 589. The van der Waals surface area contributed by atoms with Gasteiger partial charge in [-0.3, -0.25) is 0 Å². The third-order valence-corrected chi connectivity index (χ3v) is 3.56. The maximum atomic E-state index is 5.77. The van der Waals surface area contributed by atoms with Crippen molar-refractivity contribution in [2.75, 3.05) is 19.0 Å². The van der Waals surface area contributed by atoms with Gasteiger partial charge in [0, 0.05) is 31.4 Å². The Labute approximate surface area is 130 Å². The minimum Gasteiger partial charge on any atom is -0.430 e. The van der Waals surface area contributed by atoms with Crippen LogP contribution in [0.15, 0.2) is 24.3 Å². The van der Waals surface area contributed by atoms with Gasteiger partial charge >= 0.3 is 0 Å². The Kier molecular flexibility index (Phi) is 4.80. The Morgan fingerprint density at radius 3 is 2.67 bits per heavy atom. The van der Waals surface area contributed by atoms with Crippen molar-refractivity contribution in [3.63, 3.8) is 0 Å². The highest BCUT2D eigenvalue weighted by molar-refractivity contribution is 7.13. The van der Waals surface area contributed by atoms with Gasteiger partial charge in [0.2, 0.25) is 0 Å². The van der Waals surface area contributed by atoms with Crippen molar-refractivity contribution < 1.29 is 4.74 Å². The molecule has 0 fully saturated rings. The third kappa shape index (κ3) is 4.99. The first-order valence-electron chi connectivity index (χ1n) is 6.86. The van der Waals surface area contributed by atoms with Crippen molar-refractivity contribution in [3.05, 3.63) is 29.3 Å². The van der Waals surface area contributed by atoms with Gasteiger partial charge in [-0.25, -0.2) is 0 Å². The first kappa shape index (κ1) is 15.7. The summed E-state index contributed by atoms with van der Waals surface area (Å²) < 4.78 is 5.77. The number of hydrogen-bond acceptors (Lipinski definition) is 6. The second-order valence-corrected chi connectivity index (χ2v) is 7.08. The zero-order valence-electron chi connectivity index (χ0n) is 13.2. The molecule has 0 atom stereocenters. The predicted octanol–water partition coefficient (Wildman–Crippen LogP) is 3.28. The van der Waals surface area contributed by atoms with Crippen LogP contribution in [0.25, 0.3) is 0 Å². The number of nitrogens with one attached hydrogen (secondary N) is 1. The van der Waals surface area contributed by atoms with Crippen molar-refractivity contribution >= 4 is 17.0 Å². The molecule has 0 saturated heterocycles. The minimum absolute atomic E-state index is 0.0622. The molecule has 0 radical (unpaired) electrons. The lowest BCUT2D eigenvalue weighted by Crippen LogP contribution is -2.35. The summed E-state index contributed by atoms with van der Waals surface area (Å²) in [6.45, 7) is 7.07. The molecular weight excluding hydrogens is 284 g/mol. The highest BCUT2D eigenvalue weighted by Gasteiger charge is 2.12. The average Bonchev–Trinajstić information content (AvgIpc) is 2.83. The van der Waals surface area contributed by atoms with Crippen LogP contribution in [-0.4, -0.2) is 29.8 Å². The van der Waals surface area contributed by atoms with Crippen LogP contribution in [0, 0.1) is 0 Å². The van der Waals surface area contributed by atoms with E-state index >= 15 is 0 Å². The van der Waals surface area contributed by atoms with E-state index in [2.05, 4.69) is 36.3 Å². The molecule has 2 rings (SSSR count). The molecule has 1 aromatic heterocycles. The lowest BCUT2D eigenvalue weighted by atomic mass is 10.1. The highest BCUT2D eigenvalue weighted by Crippen LogP contribution is 2.27. The van der Waals surface area contributed by atoms with Crippen LogP contribution in [0.3, 0.4) is 0 Å². The zero-order valence-corrected chi connectivity index (χ0v) is 14.0. The van der Waals surface area contributed by atoms with Crippen LogP contribution in [-0.2, 0) is 6.54 Å². The first-order valence-corrected chi connectivity index (χ1v) is 7.68. The van der Waals surface area contributed by atoms with Crippen LogP contribution in [0.2, 0.25) is 0 Å². The summed E-state index contributed by atoms with van der Waals surface area (Å²) in [5.74, 6) is 0.771. The molecule has 0 saturated carbocycles. The maximum Gasteiger partial charge on any atom is 0.299 e. The molecule has 114 valence electrons. The fourth-order valence-electron chi connectivity index (χ4n) is 1.62.